The van der Waals surface area contributed by atoms with E-state index in [1.807, 2.05) is 4.90 Å². The monoisotopic (exact) mass is 332 g/mol. The second-order valence-electron chi connectivity index (χ2n) is 7.12. The molecule has 0 bridgehead atoms. The lowest BCUT2D eigenvalue weighted by Gasteiger charge is -2.24. The van der Waals surface area contributed by atoms with E-state index in [-0.39, 0.29) is 23.0 Å². The molecule has 2 atom stereocenters. The normalized spacial score (nSPS) is 29.9. The molecule has 3 saturated heterocycles. The average Bonchev–Trinajstić information content (AvgIpc) is 3.30. The van der Waals surface area contributed by atoms with Crippen molar-refractivity contribution in [1.29, 1.82) is 0 Å². The number of carbonyl (C=O) groups is 2. The summed E-state index contributed by atoms with van der Waals surface area (Å²) in [5.74, 6) is -1.17. The van der Waals surface area contributed by atoms with Gasteiger partial charge >= 0.3 is 0 Å². The first-order valence-corrected chi connectivity index (χ1v) is 8.52. The van der Waals surface area contributed by atoms with E-state index in [9.17, 15) is 14.0 Å². The van der Waals surface area contributed by atoms with Crippen LogP contribution in [0.15, 0.2) is 24.3 Å². The Labute approximate surface area is 140 Å². The molecule has 0 aromatic heterocycles. The minimum atomic E-state index is -0.604. The predicted octanol–water partition coefficient (Wildman–Crippen LogP) is 1.82. The second-order valence-corrected chi connectivity index (χ2v) is 7.12. The van der Waals surface area contributed by atoms with E-state index >= 15 is 0 Å². The third-order valence-electron chi connectivity index (χ3n) is 5.58. The van der Waals surface area contributed by atoms with E-state index in [4.69, 9.17) is 4.74 Å². The Morgan fingerprint density at radius 2 is 2.00 bits per heavy atom. The molecule has 4 rings (SSSR count). The van der Waals surface area contributed by atoms with Gasteiger partial charge in [-0.25, -0.2) is 4.39 Å². The molecule has 1 aromatic carbocycles. The number of rotatable bonds is 2. The SMILES string of the molecule is O=C(C1CCN(c2ccc(F)cc2)C1=O)N1CCC2(CCOC2)C1. The van der Waals surface area contributed by atoms with Crippen molar-refractivity contribution in [2.24, 2.45) is 11.3 Å². The van der Waals surface area contributed by atoms with Gasteiger partial charge in [-0.15, -0.1) is 0 Å². The summed E-state index contributed by atoms with van der Waals surface area (Å²) in [7, 11) is 0. The molecule has 6 heteroatoms. The van der Waals surface area contributed by atoms with Crippen LogP contribution >= 0.6 is 0 Å². The third kappa shape index (κ3) is 2.59. The van der Waals surface area contributed by atoms with Crippen molar-refractivity contribution in [1.82, 2.24) is 4.90 Å². The number of likely N-dealkylation sites (tertiary alicyclic amines) is 1. The fourth-order valence-corrected chi connectivity index (χ4v) is 4.10. The molecule has 3 heterocycles. The Morgan fingerprint density at radius 3 is 2.71 bits per heavy atom. The maximum Gasteiger partial charge on any atom is 0.239 e. The number of nitrogens with zero attached hydrogens (tertiary/aromatic N) is 2. The maximum absolute atomic E-state index is 13.1. The molecule has 128 valence electrons. The Bertz CT molecular complexity index is 655. The minimum Gasteiger partial charge on any atom is -0.381 e. The van der Waals surface area contributed by atoms with Crippen molar-refractivity contribution in [2.75, 3.05) is 37.7 Å². The van der Waals surface area contributed by atoms with Gasteiger partial charge in [-0.3, -0.25) is 9.59 Å². The summed E-state index contributed by atoms with van der Waals surface area (Å²) >= 11 is 0. The standard InChI is InChI=1S/C18H21FN2O3/c19-13-1-3-14(4-2-13)21-8-5-15(17(21)23)16(22)20-9-6-18(11-20)7-10-24-12-18/h1-4,15H,5-12H2. The molecular weight excluding hydrogens is 311 g/mol. The van der Waals surface area contributed by atoms with Gasteiger partial charge in [0.05, 0.1) is 6.61 Å². The van der Waals surface area contributed by atoms with E-state index in [0.717, 1.165) is 26.1 Å². The number of hydrogen-bond donors (Lipinski definition) is 0. The lowest BCUT2D eigenvalue weighted by Crippen LogP contribution is -2.40. The van der Waals surface area contributed by atoms with Crippen LogP contribution in [0.3, 0.4) is 0 Å². The van der Waals surface area contributed by atoms with Crippen LogP contribution in [0.5, 0.6) is 0 Å². The zero-order valence-electron chi connectivity index (χ0n) is 13.5. The first kappa shape index (κ1) is 15.6. The smallest absolute Gasteiger partial charge is 0.239 e. The number of halogens is 1. The van der Waals surface area contributed by atoms with Gasteiger partial charge in [-0.05, 0) is 43.5 Å². The van der Waals surface area contributed by atoms with Gasteiger partial charge in [0.1, 0.15) is 11.7 Å². The summed E-state index contributed by atoms with van der Waals surface area (Å²) in [6.07, 6.45) is 2.48. The van der Waals surface area contributed by atoms with Crippen LogP contribution in [0.4, 0.5) is 10.1 Å². The van der Waals surface area contributed by atoms with Crippen LogP contribution < -0.4 is 4.90 Å². The summed E-state index contributed by atoms with van der Waals surface area (Å²) in [4.78, 5) is 28.9. The molecule has 0 saturated carbocycles. The van der Waals surface area contributed by atoms with Gasteiger partial charge < -0.3 is 14.5 Å². The lowest BCUT2D eigenvalue weighted by molar-refractivity contribution is -0.139. The Hall–Kier alpha value is -1.95. The van der Waals surface area contributed by atoms with Crippen molar-refractivity contribution in [2.45, 2.75) is 19.3 Å². The molecule has 0 N–H and O–H groups in total. The highest BCUT2D eigenvalue weighted by atomic mass is 19.1. The van der Waals surface area contributed by atoms with Gasteiger partial charge in [0.15, 0.2) is 0 Å². The van der Waals surface area contributed by atoms with Crippen LogP contribution in [0.2, 0.25) is 0 Å². The number of amides is 2. The Balaban J connectivity index is 1.44. The molecule has 2 unspecified atom stereocenters. The molecule has 0 aliphatic carbocycles. The van der Waals surface area contributed by atoms with E-state index in [2.05, 4.69) is 0 Å². The molecule has 0 radical (unpaired) electrons. The van der Waals surface area contributed by atoms with E-state index in [0.29, 0.717) is 31.7 Å². The molecule has 3 aliphatic rings. The second kappa shape index (κ2) is 5.84. The predicted molar refractivity (Wildman–Crippen MR) is 85.9 cm³/mol. The third-order valence-corrected chi connectivity index (χ3v) is 5.58. The summed E-state index contributed by atoms with van der Waals surface area (Å²) in [5, 5.41) is 0. The number of ether oxygens (including phenoxy) is 1. The summed E-state index contributed by atoms with van der Waals surface area (Å²) in [6.45, 7) is 3.40. The molecule has 24 heavy (non-hydrogen) atoms. The van der Waals surface area contributed by atoms with Crippen LogP contribution in [0.25, 0.3) is 0 Å². The van der Waals surface area contributed by atoms with E-state index < -0.39 is 5.92 Å². The van der Waals surface area contributed by atoms with Crippen LogP contribution in [-0.4, -0.2) is 49.6 Å². The zero-order chi connectivity index (χ0) is 16.7. The van der Waals surface area contributed by atoms with Gasteiger partial charge in [-0.2, -0.15) is 0 Å². The topological polar surface area (TPSA) is 49.9 Å². The van der Waals surface area contributed by atoms with Gasteiger partial charge in [0.25, 0.3) is 0 Å². The molecule has 5 nitrogen and oxygen atoms in total. The van der Waals surface area contributed by atoms with Crippen molar-refractivity contribution in [3.05, 3.63) is 30.1 Å². The largest absolute Gasteiger partial charge is 0.381 e. The van der Waals surface area contributed by atoms with Crippen molar-refractivity contribution >= 4 is 17.5 Å². The molecule has 2 amide bonds. The lowest BCUT2D eigenvalue weighted by atomic mass is 9.87. The van der Waals surface area contributed by atoms with Gasteiger partial charge in [0.2, 0.25) is 11.8 Å². The summed E-state index contributed by atoms with van der Waals surface area (Å²) < 4.78 is 18.5. The average molecular weight is 332 g/mol. The fourth-order valence-electron chi connectivity index (χ4n) is 4.10. The van der Waals surface area contributed by atoms with E-state index in [1.165, 1.54) is 12.1 Å². The van der Waals surface area contributed by atoms with Crippen LogP contribution in [0, 0.1) is 17.2 Å². The highest BCUT2D eigenvalue weighted by Gasteiger charge is 2.46. The number of anilines is 1. The molecule has 1 aromatic rings. The molecule has 3 fully saturated rings. The van der Waals surface area contributed by atoms with Crippen molar-refractivity contribution in [3.63, 3.8) is 0 Å². The fraction of sp³-hybridized carbons (Fsp3) is 0.556. The highest BCUT2D eigenvalue weighted by Crippen LogP contribution is 2.39. The van der Waals surface area contributed by atoms with Crippen LogP contribution in [0.1, 0.15) is 19.3 Å². The molecular formula is C18H21FN2O3. The summed E-state index contributed by atoms with van der Waals surface area (Å²) in [6, 6.07) is 5.84. The number of carbonyl (C=O) groups excluding carboxylic acids is 2. The zero-order valence-corrected chi connectivity index (χ0v) is 13.5. The van der Waals surface area contributed by atoms with Crippen LogP contribution in [-0.2, 0) is 14.3 Å². The van der Waals surface area contributed by atoms with E-state index in [1.54, 1.807) is 17.0 Å². The molecule has 3 aliphatic heterocycles. The minimum absolute atomic E-state index is 0.0617. The summed E-state index contributed by atoms with van der Waals surface area (Å²) in [5.41, 5.74) is 0.757. The Morgan fingerprint density at radius 1 is 1.21 bits per heavy atom. The quantitative estimate of drug-likeness (QED) is 0.776. The maximum atomic E-state index is 13.1. The number of benzene rings is 1. The van der Waals surface area contributed by atoms with Gasteiger partial charge in [-0.1, -0.05) is 0 Å². The Kier molecular flexibility index (Phi) is 3.79. The first-order chi connectivity index (χ1) is 11.6. The highest BCUT2D eigenvalue weighted by molar-refractivity contribution is 6.09. The van der Waals surface area contributed by atoms with Crippen molar-refractivity contribution < 1.29 is 18.7 Å². The van der Waals surface area contributed by atoms with Gasteiger partial charge in [0, 0.05) is 37.3 Å². The number of hydrogen-bond acceptors (Lipinski definition) is 3. The molecule has 1 spiro atoms. The first-order valence-electron chi connectivity index (χ1n) is 8.52. The van der Waals surface area contributed by atoms with Crippen molar-refractivity contribution in [3.8, 4) is 0 Å².